The van der Waals surface area contributed by atoms with Gasteiger partial charge >= 0.3 is 0 Å². The van der Waals surface area contributed by atoms with Gasteiger partial charge in [0.05, 0.1) is 0 Å². The Morgan fingerprint density at radius 1 is 0.875 bits per heavy atom. The topological polar surface area (TPSA) is 40.6 Å². The van der Waals surface area contributed by atoms with E-state index in [1.165, 1.54) is 0 Å². The molecule has 0 fully saturated rings. The van der Waals surface area contributed by atoms with Crippen molar-refractivity contribution < 1.29 is 9.59 Å². The molecule has 1 unspecified atom stereocenters. The van der Waals surface area contributed by atoms with Crippen LogP contribution >= 0.6 is 15.9 Å². The molecule has 0 N–H and O–H groups in total. The van der Waals surface area contributed by atoms with Crippen LogP contribution in [0.5, 0.6) is 0 Å². The Labute approximate surface area is 154 Å². The maximum atomic E-state index is 13.0. The van der Waals surface area contributed by atoms with Gasteiger partial charge in [-0.1, -0.05) is 35.0 Å². The van der Waals surface area contributed by atoms with Crippen molar-refractivity contribution >= 4 is 27.7 Å². The fourth-order valence-electron chi connectivity index (χ4n) is 2.96. The number of rotatable bonds is 8. The third kappa shape index (κ3) is 4.82. The molecule has 2 amide bonds. The second kappa shape index (κ2) is 9.82. The van der Waals surface area contributed by atoms with E-state index in [0.717, 1.165) is 10.0 Å². The third-order valence-corrected chi connectivity index (χ3v) is 5.11. The van der Waals surface area contributed by atoms with Gasteiger partial charge in [0.2, 0.25) is 11.8 Å². The molecule has 1 aromatic carbocycles. The summed E-state index contributed by atoms with van der Waals surface area (Å²) in [5, 5.41) is 0. The Morgan fingerprint density at radius 3 is 1.58 bits per heavy atom. The predicted molar refractivity (Wildman–Crippen MR) is 102 cm³/mol. The number of carbonyl (C=O) groups is 2. The maximum Gasteiger partial charge on any atom is 0.235 e. The summed E-state index contributed by atoms with van der Waals surface area (Å²) >= 11 is 3.43. The minimum Gasteiger partial charge on any atom is -0.343 e. The van der Waals surface area contributed by atoms with Crippen molar-refractivity contribution in [3.05, 3.63) is 34.3 Å². The summed E-state index contributed by atoms with van der Waals surface area (Å²) in [6.07, 6.45) is 0. The SMILES string of the molecule is CCN(CC)C(=O)C(C(=O)N(CC)CC)C(C)c1ccc(Br)cc1. The first-order chi connectivity index (χ1) is 11.4. The molecule has 0 radical (unpaired) electrons. The summed E-state index contributed by atoms with van der Waals surface area (Å²) in [5.74, 6) is -0.995. The van der Waals surface area contributed by atoms with Crippen molar-refractivity contribution in [2.75, 3.05) is 26.2 Å². The summed E-state index contributed by atoms with van der Waals surface area (Å²) < 4.78 is 0.986. The van der Waals surface area contributed by atoms with Crippen LogP contribution in [0.25, 0.3) is 0 Å². The summed E-state index contributed by atoms with van der Waals surface area (Å²) in [5.41, 5.74) is 1.00. The summed E-state index contributed by atoms with van der Waals surface area (Å²) in [6, 6.07) is 7.86. The monoisotopic (exact) mass is 396 g/mol. The van der Waals surface area contributed by atoms with Gasteiger partial charge in [-0.3, -0.25) is 9.59 Å². The first-order valence-corrected chi connectivity index (χ1v) is 9.53. The van der Waals surface area contributed by atoms with E-state index in [4.69, 9.17) is 0 Å². The zero-order valence-electron chi connectivity index (χ0n) is 15.4. The number of hydrogen-bond donors (Lipinski definition) is 0. The highest BCUT2D eigenvalue weighted by Gasteiger charge is 2.37. The Balaban J connectivity index is 3.23. The highest BCUT2D eigenvalue weighted by atomic mass is 79.9. The van der Waals surface area contributed by atoms with Crippen molar-refractivity contribution in [1.82, 2.24) is 9.80 Å². The van der Waals surface area contributed by atoms with Crippen molar-refractivity contribution in [3.63, 3.8) is 0 Å². The van der Waals surface area contributed by atoms with E-state index in [-0.39, 0.29) is 17.7 Å². The molecule has 0 bridgehead atoms. The van der Waals surface area contributed by atoms with Gasteiger partial charge in [-0.15, -0.1) is 0 Å². The van der Waals surface area contributed by atoms with Gasteiger partial charge in [-0.05, 0) is 45.4 Å². The minimum absolute atomic E-state index is 0.0766. The average Bonchev–Trinajstić information content (AvgIpc) is 2.57. The predicted octanol–water partition coefficient (Wildman–Crippen LogP) is 3.91. The molecule has 134 valence electrons. The normalized spacial score (nSPS) is 12.1. The summed E-state index contributed by atoms with van der Waals surface area (Å²) in [6.45, 7) is 12.2. The van der Waals surface area contributed by atoms with Gasteiger partial charge in [-0.2, -0.15) is 0 Å². The lowest BCUT2D eigenvalue weighted by molar-refractivity contribution is -0.147. The maximum absolute atomic E-state index is 13.0. The zero-order valence-corrected chi connectivity index (χ0v) is 17.0. The Morgan fingerprint density at radius 2 is 1.25 bits per heavy atom. The molecule has 0 spiro atoms. The zero-order chi connectivity index (χ0) is 18.3. The molecule has 0 saturated carbocycles. The number of nitrogens with zero attached hydrogens (tertiary/aromatic N) is 2. The third-order valence-electron chi connectivity index (χ3n) is 4.58. The lowest BCUT2D eigenvalue weighted by Crippen LogP contribution is -2.47. The summed E-state index contributed by atoms with van der Waals surface area (Å²) in [7, 11) is 0. The molecule has 0 aliphatic rings. The van der Waals surface area contributed by atoms with E-state index >= 15 is 0 Å². The van der Waals surface area contributed by atoms with Gasteiger partial charge < -0.3 is 9.80 Å². The average molecular weight is 397 g/mol. The largest absolute Gasteiger partial charge is 0.343 e. The number of carbonyl (C=O) groups excluding carboxylic acids is 2. The Bertz CT molecular complexity index is 513. The lowest BCUT2D eigenvalue weighted by atomic mass is 9.85. The fourth-order valence-corrected chi connectivity index (χ4v) is 3.22. The van der Waals surface area contributed by atoms with Crippen molar-refractivity contribution in [1.29, 1.82) is 0 Å². The van der Waals surface area contributed by atoms with E-state index in [0.29, 0.717) is 26.2 Å². The Kier molecular flexibility index (Phi) is 8.46. The van der Waals surface area contributed by atoms with Crippen LogP contribution in [0.2, 0.25) is 0 Å². The van der Waals surface area contributed by atoms with Gasteiger partial charge in [0.15, 0.2) is 0 Å². The fraction of sp³-hybridized carbons (Fsp3) is 0.579. The second-order valence-electron chi connectivity index (χ2n) is 5.84. The van der Waals surface area contributed by atoms with Crippen molar-refractivity contribution in [2.45, 2.75) is 40.5 Å². The first-order valence-electron chi connectivity index (χ1n) is 8.74. The standard InChI is InChI=1S/C19H29BrN2O2/c1-6-21(7-2)18(23)17(19(24)22(8-3)9-4)14(5)15-10-12-16(20)13-11-15/h10-14,17H,6-9H2,1-5H3. The van der Waals surface area contributed by atoms with E-state index in [1.54, 1.807) is 9.80 Å². The number of benzene rings is 1. The molecule has 0 aliphatic carbocycles. The quantitative estimate of drug-likeness (QED) is 0.625. The molecule has 0 saturated heterocycles. The molecule has 0 heterocycles. The van der Waals surface area contributed by atoms with Crippen LogP contribution in [0.4, 0.5) is 0 Å². The van der Waals surface area contributed by atoms with Gasteiger partial charge in [0.1, 0.15) is 5.92 Å². The lowest BCUT2D eigenvalue weighted by Gasteiger charge is -2.32. The van der Waals surface area contributed by atoms with Crippen LogP contribution in [0, 0.1) is 5.92 Å². The highest BCUT2D eigenvalue weighted by molar-refractivity contribution is 9.10. The molecule has 1 atom stereocenters. The molecule has 5 heteroatoms. The van der Waals surface area contributed by atoms with Gasteiger partial charge in [0, 0.05) is 36.6 Å². The molecule has 4 nitrogen and oxygen atoms in total. The molecular weight excluding hydrogens is 368 g/mol. The molecular formula is C19H29BrN2O2. The molecule has 0 aliphatic heterocycles. The number of halogens is 1. The molecule has 1 rings (SSSR count). The van der Waals surface area contributed by atoms with E-state index in [2.05, 4.69) is 15.9 Å². The van der Waals surface area contributed by atoms with Crippen molar-refractivity contribution in [3.8, 4) is 0 Å². The van der Waals surface area contributed by atoms with Crippen LogP contribution in [0.15, 0.2) is 28.7 Å². The molecule has 24 heavy (non-hydrogen) atoms. The molecule has 0 aromatic heterocycles. The van der Waals surface area contributed by atoms with Crippen LogP contribution in [-0.4, -0.2) is 47.8 Å². The summed E-state index contributed by atoms with van der Waals surface area (Å²) in [4.78, 5) is 29.6. The van der Waals surface area contributed by atoms with Crippen LogP contribution in [0.1, 0.15) is 46.1 Å². The minimum atomic E-state index is -0.675. The highest BCUT2D eigenvalue weighted by Crippen LogP contribution is 2.29. The van der Waals surface area contributed by atoms with E-state index in [1.807, 2.05) is 58.9 Å². The molecule has 1 aromatic rings. The van der Waals surface area contributed by atoms with Gasteiger partial charge in [-0.25, -0.2) is 0 Å². The number of amides is 2. The number of hydrogen-bond acceptors (Lipinski definition) is 2. The van der Waals surface area contributed by atoms with Gasteiger partial charge in [0.25, 0.3) is 0 Å². The first kappa shape index (κ1) is 20.7. The van der Waals surface area contributed by atoms with Crippen LogP contribution < -0.4 is 0 Å². The van der Waals surface area contributed by atoms with Crippen LogP contribution in [-0.2, 0) is 9.59 Å². The second-order valence-corrected chi connectivity index (χ2v) is 6.75. The van der Waals surface area contributed by atoms with E-state index in [9.17, 15) is 9.59 Å². The van der Waals surface area contributed by atoms with Crippen molar-refractivity contribution in [2.24, 2.45) is 5.92 Å². The smallest absolute Gasteiger partial charge is 0.235 e. The Hall–Kier alpha value is -1.36. The van der Waals surface area contributed by atoms with E-state index < -0.39 is 5.92 Å². The van der Waals surface area contributed by atoms with Crippen LogP contribution in [0.3, 0.4) is 0 Å².